The molecule has 0 bridgehead atoms. The van der Waals surface area contributed by atoms with Gasteiger partial charge in [0.15, 0.2) is 6.10 Å². The number of allylic oxidation sites excluding steroid dienone is 7. The number of carbonyl (C=O) groups excluding carboxylic acids is 1. The Morgan fingerprint density at radius 3 is 1.52 bits per heavy atom. The molecule has 2 atom stereocenters. The monoisotopic (exact) mass is 782 g/mol. The van der Waals surface area contributed by atoms with Gasteiger partial charge in [0.1, 0.15) is 6.61 Å². The van der Waals surface area contributed by atoms with Gasteiger partial charge in [-0.15, -0.1) is 0 Å². The van der Waals surface area contributed by atoms with Gasteiger partial charge in [-0.2, -0.15) is 0 Å². The lowest BCUT2D eigenvalue weighted by molar-refractivity contribution is -0.153. The molecule has 0 aromatic rings. The second-order valence-corrected chi connectivity index (χ2v) is 16.1. The summed E-state index contributed by atoms with van der Waals surface area (Å²) in [5.41, 5.74) is 5.36. The summed E-state index contributed by atoms with van der Waals surface area (Å²) in [4.78, 5) is 22.5. The van der Waals surface area contributed by atoms with Crippen LogP contribution in [0.1, 0.15) is 200 Å². The first-order chi connectivity index (χ1) is 26.4. The van der Waals surface area contributed by atoms with Gasteiger partial charge >= 0.3 is 13.8 Å². The molecule has 0 amide bonds. The van der Waals surface area contributed by atoms with E-state index in [-0.39, 0.29) is 38.8 Å². The minimum Gasteiger partial charge on any atom is -0.498 e. The Bertz CT molecular complexity index is 968. The van der Waals surface area contributed by atoms with E-state index in [9.17, 15) is 14.3 Å². The topological polar surface area (TPSA) is 117 Å². The van der Waals surface area contributed by atoms with E-state index in [4.69, 9.17) is 24.3 Å². The van der Waals surface area contributed by atoms with Crippen LogP contribution in [0.2, 0.25) is 0 Å². The van der Waals surface area contributed by atoms with Gasteiger partial charge in [-0.25, -0.2) is 4.57 Å². The molecular formula is C45H84NO7P. The Balaban J connectivity index is 4.11. The number of ether oxygens (including phenoxy) is 2. The fourth-order valence-electron chi connectivity index (χ4n) is 6.03. The Morgan fingerprint density at radius 2 is 1.00 bits per heavy atom. The summed E-state index contributed by atoms with van der Waals surface area (Å²) in [6.07, 6.45) is 50.8. The molecule has 316 valence electrons. The molecule has 0 saturated heterocycles. The fourth-order valence-corrected chi connectivity index (χ4v) is 6.79. The smallest absolute Gasteiger partial charge is 0.472 e. The first-order valence-corrected chi connectivity index (χ1v) is 23.7. The predicted molar refractivity (Wildman–Crippen MR) is 228 cm³/mol. The molecule has 0 aliphatic rings. The molecule has 0 heterocycles. The minimum absolute atomic E-state index is 0.0232. The second-order valence-electron chi connectivity index (χ2n) is 14.6. The lowest BCUT2D eigenvalue weighted by Crippen LogP contribution is -2.27. The molecule has 0 spiro atoms. The number of carbonyl (C=O) groups is 1. The average Bonchev–Trinajstić information content (AvgIpc) is 3.16. The number of rotatable bonds is 42. The maximum absolute atomic E-state index is 12.6. The van der Waals surface area contributed by atoms with Crippen LogP contribution >= 0.6 is 7.82 Å². The lowest BCUT2D eigenvalue weighted by Gasteiger charge is -2.19. The summed E-state index contributed by atoms with van der Waals surface area (Å²) in [7, 11) is -4.30. The van der Waals surface area contributed by atoms with Crippen molar-refractivity contribution >= 4 is 13.8 Å². The van der Waals surface area contributed by atoms with Crippen molar-refractivity contribution in [2.24, 2.45) is 5.73 Å². The normalized spacial score (nSPS) is 13.9. The number of esters is 1. The first kappa shape index (κ1) is 52.3. The van der Waals surface area contributed by atoms with E-state index >= 15 is 0 Å². The third-order valence-corrected chi connectivity index (χ3v) is 10.3. The molecule has 0 aromatic heterocycles. The Hall–Kier alpha value is -1.70. The van der Waals surface area contributed by atoms with Crippen LogP contribution in [0.4, 0.5) is 0 Å². The Morgan fingerprint density at radius 1 is 0.574 bits per heavy atom. The molecule has 3 N–H and O–H groups in total. The van der Waals surface area contributed by atoms with E-state index in [0.717, 1.165) is 57.8 Å². The highest BCUT2D eigenvalue weighted by Crippen LogP contribution is 2.43. The fraction of sp³-hybridized carbons (Fsp3) is 0.800. The summed E-state index contributed by atoms with van der Waals surface area (Å²) < 4.78 is 33.2. The Kier molecular flexibility index (Phi) is 41.1. The summed E-state index contributed by atoms with van der Waals surface area (Å²) in [6, 6.07) is 0. The maximum atomic E-state index is 12.6. The third kappa shape index (κ3) is 41.5. The van der Waals surface area contributed by atoms with E-state index < -0.39 is 13.9 Å². The summed E-state index contributed by atoms with van der Waals surface area (Å²) in [5, 5.41) is 0. The van der Waals surface area contributed by atoms with Gasteiger partial charge in [-0.3, -0.25) is 13.8 Å². The molecule has 54 heavy (non-hydrogen) atoms. The minimum atomic E-state index is -4.30. The number of phosphoric ester groups is 1. The second kappa shape index (κ2) is 42.4. The molecule has 0 rings (SSSR count). The molecule has 0 aliphatic heterocycles. The van der Waals surface area contributed by atoms with E-state index in [1.54, 1.807) is 6.26 Å². The highest BCUT2D eigenvalue weighted by atomic mass is 31.2. The molecule has 0 aromatic carbocycles. The zero-order chi connectivity index (χ0) is 39.5. The van der Waals surface area contributed by atoms with Gasteiger partial charge in [-0.05, 0) is 63.9 Å². The molecule has 0 fully saturated rings. The molecule has 0 radical (unpaired) electrons. The van der Waals surface area contributed by atoms with Crippen LogP contribution < -0.4 is 5.73 Å². The molecule has 8 nitrogen and oxygen atoms in total. The van der Waals surface area contributed by atoms with Gasteiger partial charge in [0.2, 0.25) is 0 Å². The van der Waals surface area contributed by atoms with Crippen molar-refractivity contribution in [3.8, 4) is 0 Å². The largest absolute Gasteiger partial charge is 0.498 e. The number of hydrogen-bond acceptors (Lipinski definition) is 7. The zero-order valence-corrected chi connectivity index (χ0v) is 35.8. The number of hydrogen-bond donors (Lipinski definition) is 2. The summed E-state index contributed by atoms with van der Waals surface area (Å²) >= 11 is 0. The van der Waals surface area contributed by atoms with Gasteiger partial charge in [0.05, 0.1) is 19.5 Å². The van der Waals surface area contributed by atoms with E-state index in [0.29, 0.717) is 0 Å². The molecule has 0 aliphatic carbocycles. The summed E-state index contributed by atoms with van der Waals surface area (Å²) in [5.74, 6) is -0.373. The van der Waals surface area contributed by atoms with Crippen molar-refractivity contribution in [3.63, 3.8) is 0 Å². The van der Waals surface area contributed by atoms with Crippen LogP contribution in [-0.4, -0.2) is 43.3 Å². The highest BCUT2D eigenvalue weighted by molar-refractivity contribution is 7.47. The SMILES string of the molecule is CCCCC/C=C/C/C=C/C/C=C/CCCCCCC(=O)O[C@H](CO/C=C/CCCCCCCCCCCCCCCCCC)COP(=O)(O)OCCN. The number of nitrogens with two attached hydrogens (primary N) is 1. The zero-order valence-electron chi connectivity index (χ0n) is 35.0. The molecule has 0 saturated carbocycles. The predicted octanol–water partition coefficient (Wildman–Crippen LogP) is 13.5. The van der Waals surface area contributed by atoms with Crippen LogP contribution in [0.5, 0.6) is 0 Å². The van der Waals surface area contributed by atoms with E-state index in [1.165, 1.54) is 122 Å². The quantitative estimate of drug-likeness (QED) is 0.0207. The van der Waals surface area contributed by atoms with Crippen molar-refractivity contribution in [1.82, 2.24) is 0 Å². The molecular weight excluding hydrogens is 697 g/mol. The number of phosphoric acid groups is 1. The van der Waals surface area contributed by atoms with Crippen LogP contribution in [0.3, 0.4) is 0 Å². The van der Waals surface area contributed by atoms with Gasteiger partial charge in [0, 0.05) is 13.0 Å². The van der Waals surface area contributed by atoms with E-state index in [1.807, 2.05) is 6.08 Å². The van der Waals surface area contributed by atoms with Crippen molar-refractivity contribution in [2.75, 3.05) is 26.4 Å². The number of unbranched alkanes of at least 4 members (excludes halogenated alkanes) is 23. The van der Waals surface area contributed by atoms with E-state index in [2.05, 4.69) is 50.3 Å². The average molecular weight is 782 g/mol. The van der Waals surface area contributed by atoms with Crippen molar-refractivity contribution in [1.29, 1.82) is 0 Å². The van der Waals surface area contributed by atoms with Crippen molar-refractivity contribution < 1.29 is 32.8 Å². The Labute approximate surface area is 332 Å². The molecule has 1 unspecified atom stereocenters. The third-order valence-electron chi connectivity index (χ3n) is 9.31. The van der Waals surface area contributed by atoms with Gasteiger partial charge in [-0.1, -0.05) is 172 Å². The van der Waals surface area contributed by atoms with Crippen molar-refractivity contribution in [2.45, 2.75) is 206 Å². The maximum Gasteiger partial charge on any atom is 0.472 e. The lowest BCUT2D eigenvalue weighted by atomic mass is 10.0. The van der Waals surface area contributed by atoms with Crippen LogP contribution in [0, 0.1) is 0 Å². The highest BCUT2D eigenvalue weighted by Gasteiger charge is 2.25. The van der Waals surface area contributed by atoms with Crippen molar-refractivity contribution in [3.05, 3.63) is 48.8 Å². The van der Waals surface area contributed by atoms with Gasteiger partial charge < -0.3 is 20.1 Å². The summed E-state index contributed by atoms with van der Waals surface area (Å²) in [6.45, 7) is 4.20. The standard InChI is InChI=1S/C45H84NO7P/c1-3-5-7-9-11-13-15-17-19-21-23-25-27-29-31-33-35-37-40-50-42-44(43-52-54(48,49)51-41-39-46)53-45(47)38-36-34-32-30-28-26-24-22-20-18-16-14-12-10-8-6-4-2/h12,14,18,20,24,26,37,40,44H,3-11,13,15-17,19,21-23,25,27-36,38-39,41-43,46H2,1-2H3,(H,48,49)/b14-12+,20-18+,26-24+,40-37+/t44-/m1/s1. The molecule has 9 heteroatoms. The van der Waals surface area contributed by atoms with Crippen LogP contribution in [-0.2, 0) is 27.9 Å². The first-order valence-electron chi connectivity index (χ1n) is 22.2. The van der Waals surface area contributed by atoms with Gasteiger partial charge in [0.25, 0.3) is 0 Å². The van der Waals surface area contributed by atoms with Crippen LogP contribution in [0.15, 0.2) is 48.8 Å². The van der Waals surface area contributed by atoms with Crippen LogP contribution in [0.25, 0.3) is 0 Å².